The van der Waals surface area contributed by atoms with E-state index >= 15 is 0 Å². The molecule has 0 radical (unpaired) electrons. The molecule has 1 fully saturated rings. The van der Waals surface area contributed by atoms with E-state index in [9.17, 15) is 5.11 Å². The molecule has 3 atom stereocenters. The minimum absolute atomic E-state index is 0.216. The standard InChI is InChI=1S/C11H16N2O/c1-7-4-9(7)10(14)5-8-2-3-13-11(12)6-8/h2-3,6-7,9-10,14H,4-5H2,1H3,(H2,12,13). The Morgan fingerprint density at radius 1 is 1.71 bits per heavy atom. The van der Waals surface area contributed by atoms with Crippen LogP contribution in [0.1, 0.15) is 18.9 Å². The summed E-state index contributed by atoms with van der Waals surface area (Å²) in [7, 11) is 0. The van der Waals surface area contributed by atoms with E-state index in [1.54, 1.807) is 6.20 Å². The number of pyridine rings is 1. The normalized spacial score (nSPS) is 27.3. The first kappa shape index (κ1) is 9.46. The van der Waals surface area contributed by atoms with Crippen molar-refractivity contribution in [2.45, 2.75) is 25.9 Å². The number of aromatic nitrogens is 1. The van der Waals surface area contributed by atoms with Crippen molar-refractivity contribution >= 4 is 5.82 Å². The fourth-order valence-corrected chi connectivity index (χ4v) is 1.90. The highest BCUT2D eigenvalue weighted by Gasteiger charge is 2.38. The van der Waals surface area contributed by atoms with Gasteiger partial charge in [0.25, 0.3) is 0 Å². The highest BCUT2D eigenvalue weighted by molar-refractivity contribution is 5.32. The smallest absolute Gasteiger partial charge is 0.123 e. The van der Waals surface area contributed by atoms with E-state index in [1.807, 2.05) is 12.1 Å². The van der Waals surface area contributed by atoms with Crippen molar-refractivity contribution in [1.82, 2.24) is 4.98 Å². The van der Waals surface area contributed by atoms with E-state index in [-0.39, 0.29) is 6.10 Å². The van der Waals surface area contributed by atoms with Crippen LogP contribution in [0.3, 0.4) is 0 Å². The van der Waals surface area contributed by atoms with Crippen molar-refractivity contribution in [3.05, 3.63) is 23.9 Å². The number of anilines is 1. The van der Waals surface area contributed by atoms with Crippen molar-refractivity contribution in [2.24, 2.45) is 11.8 Å². The molecule has 0 spiro atoms. The van der Waals surface area contributed by atoms with Gasteiger partial charge in [0.05, 0.1) is 6.10 Å². The first-order valence-corrected chi connectivity index (χ1v) is 5.05. The largest absolute Gasteiger partial charge is 0.392 e. The summed E-state index contributed by atoms with van der Waals surface area (Å²) in [6, 6.07) is 3.74. The number of rotatable bonds is 3. The molecule has 0 saturated heterocycles. The second kappa shape index (κ2) is 3.58. The summed E-state index contributed by atoms with van der Waals surface area (Å²) in [5, 5.41) is 9.84. The Morgan fingerprint density at radius 2 is 2.43 bits per heavy atom. The van der Waals surface area contributed by atoms with Gasteiger partial charge in [0.1, 0.15) is 5.82 Å². The maximum absolute atomic E-state index is 9.84. The lowest BCUT2D eigenvalue weighted by molar-refractivity contribution is 0.146. The topological polar surface area (TPSA) is 59.1 Å². The average Bonchev–Trinajstić information content (AvgIpc) is 2.82. The number of nitrogens with zero attached hydrogens (tertiary/aromatic N) is 1. The molecular formula is C11H16N2O. The summed E-state index contributed by atoms with van der Waals surface area (Å²) in [4.78, 5) is 3.92. The number of nitrogens with two attached hydrogens (primary N) is 1. The molecule has 0 aliphatic heterocycles. The maximum atomic E-state index is 9.84. The van der Waals surface area contributed by atoms with E-state index in [2.05, 4.69) is 11.9 Å². The third-order valence-corrected chi connectivity index (χ3v) is 2.96. The van der Waals surface area contributed by atoms with Gasteiger partial charge in [0.15, 0.2) is 0 Å². The van der Waals surface area contributed by atoms with E-state index in [4.69, 9.17) is 5.73 Å². The molecule has 3 heteroatoms. The fraction of sp³-hybridized carbons (Fsp3) is 0.545. The van der Waals surface area contributed by atoms with Gasteiger partial charge in [0.2, 0.25) is 0 Å². The van der Waals surface area contributed by atoms with Crippen LogP contribution in [0, 0.1) is 11.8 Å². The molecule has 0 amide bonds. The highest BCUT2D eigenvalue weighted by Crippen LogP contribution is 2.41. The molecule has 0 bridgehead atoms. The summed E-state index contributed by atoms with van der Waals surface area (Å²) in [5.41, 5.74) is 6.63. The highest BCUT2D eigenvalue weighted by atomic mass is 16.3. The van der Waals surface area contributed by atoms with E-state index in [0.29, 0.717) is 24.1 Å². The van der Waals surface area contributed by atoms with Crippen molar-refractivity contribution < 1.29 is 5.11 Å². The Bertz CT molecular complexity index is 327. The van der Waals surface area contributed by atoms with Gasteiger partial charge in [-0.2, -0.15) is 0 Å². The molecule has 1 saturated carbocycles. The molecule has 1 aromatic rings. The van der Waals surface area contributed by atoms with Crippen LogP contribution in [0.2, 0.25) is 0 Å². The molecule has 2 rings (SSSR count). The third kappa shape index (κ3) is 2.04. The average molecular weight is 192 g/mol. The zero-order chi connectivity index (χ0) is 10.1. The molecule has 76 valence electrons. The fourth-order valence-electron chi connectivity index (χ4n) is 1.90. The van der Waals surface area contributed by atoms with E-state index < -0.39 is 0 Å². The predicted molar refractivity (Wildman–Crippen MR) is 55.6 cm³/mol. The summed E-state index contributed by atoms with van der Waals surface area (Å²) >= 11 is 0. The molecule has 14 heavy (non-hydrogen) atoms. The molecule has 1 aliphatic rings. The van der Waals surface area contributed by atoms with Crippen LogP contribution in [-0.2, 0) is 6.42 Å². The van der Waals surface area contributed by atoms with Crippen LogP contribution in [0.15, 0.2) is 18.3 Å². The molecule has 3 unspecified atom stereocenters. The Labute approximate surface area is 84.0 Å². The molecular weight excluding hydrogens is 176 g/mol. The van der Waals surface area contributed by atoms with Gasteiger partial charge in [0, 0.05) is 6.20 Å². The molecule has 0 aromatic carbocycles. The molecule has 3 nitrogen and oxygen atoms in total. The minimum atomic E-state index is -0.216. The maximum Gasteiger partial charge on any atom is 0.123 e. The summed E-state index contributed by atoms with van der Waals surface area (Å²) < 4.78 is 0. The zero-order valence-corrected chi connectivity index (χ0v) is 8.35. The van der Waals surface area contributed by atoms with Gasteiger partial charge >= 0.3 is 0 Å². The van der Waals surface area contributed by atoms with Gasteiger partial charge in [-0.3, -0.25) is 0 Å². The second-order valence-electron chi connectivity index (χ2n) is 4.24. The van der Waals surface area contributed by atoms with Crippen LogP contribution in [0.25, 0.3) is 0 Å². The summed E-state index contributed by atoms with van der Waals surface area (Å²) in [5.74, 6) is 1.70. The monoisotopic (exact) mass is 192 g/mol. The number of aliphatic hydroxyl groups is 1. The molecule has 1 heterocycles. The van der Waals surface area contributed by atoms with Crippen LogP contribution in [-0.4, -0.2) is 16.2 Å². The predicted octanol–water partition coefficient (Wildman–Crippen LogP) is 1.22. The number of nitrogen functional groups attached to an aromatic ring is 1. The summed E-state index contributed by atoms with van der Waals surface area (Å²) in [6.07, 6.45) is 3.32. The Hall–Kier alpha value is -1.09. The molecule has 1 aromatic heterocycles. The lowest BCUT2D eigenvalue weighted by atomic mass is 10.0. The SMILES string of the molecule is CC1CC1C(O)Cc1ccnc(N)c1. The van der Waals surface area contributed by atoms with Gasteiger partial charge < -0.3 is 10.8 Å². The quantitative estimate of drug-likeness (QED) is 0.757. The first-order valence-electron chi connectivity index (χ1n) is 5.05. The van der Waals surface area contributed by atoms with E-state index in [1.165, 1.54) is 0 Å². The van der Waals surface area contributed by atoms with Gasteiger partial charge in [-0.1, -0.05) is 6.92 Å². The Kier molecular flexibility index (Phi) is 2.42. The van der Waals surface area contributed by atoms with Crippen molar-refractivity contribution in [2.75, 3.05) is 5.73 Å². The lowest BCUT2D eigenvalue weighted by Crippen LogP contribution is -2.14. The third-order valence-electron chi connectivity index (χ3n) is 2.96. The van der Waals surface area contributed by atoms with Crippen LogP contribution in [0.5, 0.6) is 0 Å². The zero-order valence-electron chi connectivity index (χ0n) is 8.35. The van der Waals surface area contributed by atoms with Crippen LogP contribution in [0.4, 0.5) is 5.82 Å². The van der Waals surface area contributed by atoms with Gasteiger partial charge in [-0.05, 0) is 42.4 Å². The number of hydrogen-bond donors (Lipinski definition) is 2. The summed E-state index contributed by atoms with van der Waals surface area (Å²) in [6.45, 7) is 2.18. The lowest BCUT2D eigenvalue weighted by Gasteiger charge is -2.09. The minimum Gasteiger partial charge on any atom is -0.392 e. The van der Waals surface area contributed by atoms with Crippen LogP contribution < -0.4 is 5.73 Å². The first-order chi connectivity index (χ1) is 6.66. The molecule has 1 aliphatic carbocycles. The van der Waals surface area contributed by atoms with Crippen molar-refractivity contribution in [3.8, 4) is 0 Å². The second-order valence-corrected chi connectivity index (χ2v) is 4.24. The van der Waals surface area contributed by atoms with Crippen molar-refractivity contribution in [3.63, 3.8) is 0 Å². The van der Waals surface area contributed by atoms with Crippen LogP contribution >= 0.6 is 0 Å². The Balaban J connectivity index is 1.96. The van der Waals surface area contributed by atoms with Gasteiger partial charge in [-0.25, -0.2) is 4.98 Å². The van der Waals surface area contributed by atoms with Gasteiger partial charge in [-0.15, -0.1) is 0 Å². The Morgan fingerprint density at radius 3 is 3.00 bits per heavy atom. The van der Waals surface area contributed by atoms with E-state index in [0.717, 1.165) is 12.0 Å². The number of hydrogen-bond acceptors (Lipinski definition) is 3. The number of aliphatic hydroxyl groups excluding tert-OH is 1. The van der Waals surface area contributed by atoms with Crippen molar-refractivity contribution in [1.29, 1.82) is 0 Å². The molecule has 3 N–H and O–H groups in total.